The van der Waals surface area contributed by atoms with Gasteiger partial charge in [0.05, 0.1) is 0 Å². The zero-order valence-corrected chi connectivity index (χ0v) is 56.0. The van der Waals surface area contributed by atoms with Crippen molar-refractivity contribution in [2.75, 3.05) is 13.2 Å². The van der Waals surface area contributed by atoms with Crippen molar-refractivity contribution in [2.24, 2.45) is 0 Å². The number of hydrogen-bond acceptors (Lipinski definition) is 6. The van der Waals surface area contributed by atoms with Crippen LogP contribution in [-0.2, 0) is 28.6 Å². The largest absolute Gasteiger partial charge is 0.462 e. The summed E-state index contributed by atoms with van der Waals surface area (Å²) in [5.41, 5.74) is 0. The SMILES string of the molecule is CCCC/C=C\CCCCCCCC(=O)OCC(COC(=O)CCCCCCCCCCCCCCCCCCCCCCCCC/C=C\CCCCCCCCCC)OC(=O)CCCCCCCCCCC/C=C\C/C=C\CCCCC. The van der Waals surface area contributed by atoms with Crippen molar-refractivity contribution in [3.63, 3.8) is 0 Å². The molecule has 6 nitrogen and oxygen atoms in total. The number of ether oxygens (including phenoxy) is 3. The molecule has 0 aliphatic heterocycles. The van der Waals surface area contributed by atoms with Crippen LogP contribution in [0.15, 0.2) is 48.6 Å². The van der Waals surface area contributed by atoms with Crippen molar-refractivity contribution in [3.05, 3.63) is 48.6 Å². The maximum Gasteiger partial charge on any atom is 0.306 e. The molecule has 6 heteroatoms. The first-order valence-electron chi connectivity index (χ1n) is 37.1. The van der Waals surface area contributed by atoms with Gasteiger partial charge in [-0.2, -0.15) is 0 Å². The van der Waals surface area contributed by atoms with Gasteiger partial charge in [0.1, 0.15) is 13.2 Å². The van der Waals surface area contributed by atoms with Crippen LogP contribution in [0.2, 0.25) is 0 Å². The van der Waals surface area contributed by atoms with E-state index in [0.717, 1.165) is 70.6 Å². The second-order valence-corrected chi connectivity index (χ2v) is 25.2. The smallest absolute Gasteiger partial charge is 0.306 e. The monoisotopic (exact) mass is 1160 g/mol. The number of carbonyl (C=O) groups excluding carboxylic acids is 3. The van der Waals surface area contributed by atoms with Gasteiger partial charge in [-0.15, -0.1) is 0 Å². The molecule has 0 spiro atoms. The molecular formula is C77H142O6. The van der Waals surface area contributed by atoms with Crippen LogP contribution in [0.25, 0.3) is 0 Å². The maximum absolute atomic E-state index is 12.9. The van der Waals surface area contributed by atoms with E-state index >= 15 is 0 Å². The molecule has 83 heavy (non-hydrogen) atoms. The van der Waals surface area contributed by atoms with E-state index in [1.54, 1.807) is 0 Å². The third kappa shape index (κ3) is 70.0. The van der Waals surface area contributed by atoms with E-state index in [0.29, 0.717) is 19.3 Å². The zero-order chi connectivity index (χ0) is 59.9. The summed E-state index contributed by atoms with van der Waals surface area (Å²) in [4.78, 5) is 38.4. The third-order valence-electron chi connectivity index (χ3n) is 16.8. The first-order chi connectivity index (χ1) is 41.0. The molecule has 1 atom stereocenters. The molecule has 0 aromatic rings. The highest BCUT2D eigenvalue weighted by Gasteiger charge is 2.19. The Labute approximate surface area is 518 Å². The van der Waals surface area contributed by atoms with Crippen molar-refractivity contribution in [3.8, 4) is 0 Å². The van der Waals surface area contributed by atoms with Crippen LogP contribution in [0.4, 0.5) is 0 Å². The van der Waals surface area contributed by atoms with Gasteiger partial charge in [-0.3, -0.25) is 14.4 Å². The van der Waals surface area contributed by atoms with Crippen LogP contribution in [0, 0.1) is 0 Å². The van der Waals surface area contributed by atoms with E-state index < -0.39 is 6.10 Å². The lowest BCUT2D eigenvalue weighted by Gasteiger charge is -2.18. The Morgan fingerprint density at radius 2 is 0.446 bits per heavy atom. The van der Waals surface area contributed by atoms with Crippen LogP contribution < -0.4 is 0 Å². The molecule has 486 valence electrons. The molecule has 0 bridgehead atoms. The van der Waals surface area contributed by atoms with Gasteiger partial charge in [-0.05, 0) is 96.3 Å². The number of rotatable bonds is 69. The molecule has 0 heterocycles. The summed E-state index contributed by atoms with van der Waals surface area (Å²) in [6.07, 6.45) is 91.8. The lowest BCUT2D eigenvalue weighted by molar-refractivity contribution is -0.167. The number of hydrogen-bond donors (Lipinski definition) is 0. The van der Waals surface area contributed by atoms with Crippen molar-refractivity contribution >= 4 is 17.9 Å². The van der Waals surface area contributed by atoms with Gasteiger partial charge < -0.3 is 14.2 Å². The first-order valence-corrected chi connectivity index (χ1v) is 37.1. The molecule has 0 rings (SSSR count). The summed E-state index contributed by atoms with van der Waals surface area (Å²) in [6.45, 7) is 6.63. The molecule has 0 N–H and O–H groups in total. The quantitative estimate of drug-likeness (QED) is 0.0261. The highest BCUT2D eigenvalue weighted by atomic mass is 16.6. The van der Waals surface area contributed by atoms with Gasteiger partial charge in [-0.25, -0.2) is 0 Å². The van der Waals surface area contributed by atoms with E-state index in [-0.39, 0.29) is 31.1 Å². The highest BCUT2D eigenvalue weighted by Crippen LogP contribution is 2.19. The van der Waals surface area contributed by atoms with Gasteiger partial charge in [0.15, 0.2) is 6.10 Å². The number of unbranched alkanes of at least 4 members (excludes halogenated alkanes) is 50. The fraction of sp³-hybridized carbons (Fsp3) is 0.857. The molecule has 1 unspecified atom stereocenters. The number of carbonyl (C=O) groups is 3. The summed E-state index contributed by atoms with van der Waals surface area (Å²) in [7, 11) is 0. The van der Waals surface area contributed by atoms with Gasteiger partial charge in [0.25, 0.3) is 0 Å². The molecule has 0 saturated heterocycles. The topological polar surface area (TPSA) is 78.9 Å². The molecular weight excluding hydrogens is 1020 g/mol. The summed E-state index contributed by atoms with van der Waals surface area (Å²) in [5, 5.41) is 0. The van der Waals surface area contributed by atoms with E-state index in [2.05, 4.69) is 69.4 Å². The fourth-order valence-corrected chi connectivity index (χ4v) is 11.2. The summed E-state index contributed by atoms with van der Waals surface area (Å²) in [5.74, 6) is -0.864. The van der Waals surface area contributed by atoms with E-state index in [4.69, 9.17) is 14.2 Å². The number of allylic oxidation sites excluding steroid dienone is 8. The second-order valence-electron chi connectivity index (χ2n) is 25.2. The van der Waals surface area contributed by atoms with Crippen LogP contribution >= 0.6 is 0 Å². The lowest BCUT2D eigenvalue weighted by Crippen LogP contribution is -2.30. The zero-order valence-electron chi connectivity index (χ0n) is 56.0. The van der Waals surface area contributed by atoms with Crippen molar-refractivity contribution < 1.29 is 28.6 Å². The summed E-state index contributed by atoms with van der Waals surface area (Å²) in [6, 6.07) is 0. The van der Waals surface area contributed by atoms with Crippen LogP contribution in [0.1, 0.15) is 406 Å². The number of esters is 3. The van der Waals surface area contributed by atoms with E-state index in [1.165, 1.54) is 295 Å². The van der Waals surface area contributed by atoms with E-state index in [1.807, 2.05) is 0 Å². The Balaban J connectivity index is 4.05. The van der Waals surface area contributed by atoms with E-state index in [9.17, 15) is 14.4 Å². The van der Waals surface area contributed by atoms with Gasteiger partial charge >= 0.3 is 17.9 Å². The predicted octanol–water partition coefficient (Wildman–Crippen LogP) is 25.7. The average molecular weight is 1160 g/mol. The molecule has 0 radical (unpaired) electrons. The summed E-state index contributed by atoms with van der Waals surface area (Å²) < 4.78 is 17.0. The molecule has 0 fully saturated rings. The van der Waals surface area contributed by atoms with Gasteiger partial charge in [0, 0.05) is 19.3 Å². The lowest BCUT2D eigenvalue weighted by atomic mass is 10.0. The van der Waals surface area contributed by atoms with Gasteiger partial charge in [0.2, 0.25) is 0 Å². The van der Waals surface area contributed by atoms with Crippen LogP contribution in [0.5, 0.6) is 0 Å². The van der Waals surface area contributed by atoms with Crippen molar-refractivity contribution in [1.29, 1.82) is 0 Å². The molecule has 0 amide bonds. The van der Waals surface area contributed by atoms with Crippen molar-refractivity contribution in [1.82, 2.24) is 0 Å². The van der Waals surface area contributed by atoms with Gasteiger partial charge in [-0.1, -0.05) is 339 Å². The van der Waals surface area contributed by atoms with Crippen LogP contribution in [0.3, 0.4) is 0 Å². The molecule has 0 aromatic carbocycles. The molecule has 0 saturated carbocycles. The van der Waals surface area contributed by atoms with Crippen molar-refractivity contribution in [2.45, 2.75) is 412 Å². The molecule has 0 aliphatic rings. The predicted molar refractivity (Wildman–Crippen MR) is 362 cm³/mol. The molecule has 0 aliphatic carbocycles. The summed E-state index contributed by atoms with van der Waals surface area (Å²) >= 11 is 0. The Morgan fingerprint density at radius 3 is 0.735 bits per heavy atom. The molecule has 0 aromatic heterocycles. The first kappa shape index (κ1) is 80.4. The van der Waals surface area contributed by atoms with Crippen LogP contribution in [-0.4, -0.2) is 37.2 Å². The maximum atomic E-state index is 12.9. The Morgan fingerprint density at radius 1 is 0.241 bits per heavy atom. The second kappa shape index (κ2) is 71.8. The fourth-order valence-electron chi connectivity index (χ4n) is 11.2. The standard InChI is InChI=1S/C77H142O6/c1-4-7-10-13-16-19-22-24-26-28-30-31-32-33-34-35-36-37-38-39-40-41-42-43-44-45-47-48-50-52-55-58-61-64-67-70-76(79)82-73-74(72-81-75(78)69-66-63-60-57-54-21-18-15-12-9-6-3)83-77(80)71-68-65-62-59-56-53-51-49-46-29-27-25-23-20-17-14-11-8-5-2/h15,17-18,20,25,27-28,30,74H,4-14,16,19,21-24,26,29,31-73H2,1-3H3/b18-15-,20-17-,27-25-,30-28-. The Kier molecular flexibility index (Phi) is 69.6. The normalized spacial score (nSPS) is 12.3. The minimum absolute atomic E-state index is 0.0733. The third-order valence-corrected chi connectivity index (χ3v) is 16.8. The minimum atomic E-state index is -0.778. The Bertz CT molecular complexity index is 1430. The minimum Gasteiger partial charge on any atom is -0.462 e. The average Bonchev–Trinajstić information content (AvgIpc) is 3.48. The highest BCUT2D eigenvalue weighted by molar-refractivity contribution is 5.71. The Hall–Kier alpha value is -2.63.